The third kappa shape index (κ3) is 2.87. The van der Waals surface area contributed by atoms with Crippen molar-refractivity contribution in [2.24, 2.45) is 0 Å². The van der Waals surface area contributed by atoms with Crippen molar-refractivity contribution in [3.8, 4) is 5.75 Å². The predicted molar refractivity (Wildman–Crippen MR) is 69.0 cm³/mol. The average Bonchev–Trinajstić information content (AvgIpc) is 2.38. The fourth-order valence-electron chi connectivity index (χ4n) is 1.53. The Morgan fingerprint density at radius 2 is 2.24 bits per heavy atom. The number of benzene rings is 1. The Kier molecular flexibility index (Phi) is 3.45. The van der Waals surface area contributed by atoms with Crippen molar-refractivity contribution in [1.29, 1.82) is 0 Å². The second kappa shape index (κ2) is 5.21. The maximum atomic E-state index is 5.90. The number of rotatable bonds is 4. The van der Waals surface area contributed by atoms with Gasteiger partial charge in [-0.3, -0.25) is 4.98 Å². The van der Waals surface area contributed by atoms with Crippen LogP contribution >= 0.6 is 0 Å². The van der Waals surface area contributed by atoms with Gasteiger partial charge >= 0.3 is 0 Å². The number of nitrogens with two attached hydrogens (primary N) is 1. The average molecular weight is 229 g/mol. The van der Waals surface area contributed by atoms with Crippen LogP contribution in [0.4, 0.5) is 11.4 Å². The van der Waals surface area contributed by atoms with Gasteiger partial charge in [-0.15, -0.1) is 0 Å². The summed E-state index contributed by atoms with van der Waals surface area (Å²) in [5.41, 5.74) is 8.59. The molecule has 0 spiro atoms. The zero-order valence-electron chi connectivity index (χ0n) is 9.68. The summed E-state index contributed by atoms with van der Waals surface area (Å²) in [6.07, 6.45) is 3.58. The quantitative estimate of drug-likeness (QED) is 0.790. The molecule has 0 unspecified atom stereocenters. The second-order valence-corrected chi connectivity index (χ2v) is 3.67. The third-order valence-electron chi connectivity index (χ3n) is 2.46. The van der Waals surface area contributed by atoms with Crippen LogP contribution in [0, 0.1) is 0 Å². The summed E-state index contributed by atoms with van der Waals surface area (Å²) < 4.78 is 5.10. The fourth-order valence-corrected chi connectivity index (χ4v) is 1.53. The number of hydrogen-bond donors (Lipinski definition) is 2. The molecule has 17 heavy (non-hydrogen) atoms. The Morgan fingerprint density at radius 1 is 1.35 bits per heavy atom. The summed E-state index contributed by atoms with van der Waals surface area (Å²) >= 11 is 0. The largest absolute Gasteiger partial charge is 0.497 e. The summed E-state index contributed by atoms with van der Waals surface area (Å²) in [7, 11) is 1.62. The first-order chi connectivity index (χ1) is 8.29. The first kappa shape index (κ1) is 11.3. The molecule has 1 heterocycles. The highest BCUT2D eigenvalue weighted by molar-refractivity contribution is 5.68. The van der Waals surface area contributed by atoms with Gasteiger partial charge in [-0.25, -0.2) is 0 Å². The molecule has 1 aromatic carbocycles. The molecule has 1 aromatic heterocycles. The van der Waals surface area contributed by atoms with Gasteiger partial charge in [0, 0.05) is 25.0 Å². The predicted octanol–water partition coefficient (Wildman–Crippen LogP) is 2.28. The molecule has 4 heteroatoms. The molecule has 0 radical (unpaired) electrons. The molecule has 2 rings (SSSR count). The number of nitrogens with zero attached hydrogens (tertiary/aromatic N) is 1. The van der Waals surface area contributed by atoms with Gasteiger partial charge in [0.15, 0.2) is 0 Å². The number of hydrogen-bond acceptors (Lipinski definition) is 4. The standard InChI is InChI=1S/C13H15N3O/c1-17-11-4-5-13(12(14)7-11)16-9-10-3-2-6-15-8-10/h2-8,16H,9,14H2,1H3. The van der Waals surface area contributed by atoms with Gasteiger partial charge in [-0.05, 0) is 23.8 Å². The molecule has 0 aliphatic carbocycles. The highest BCUT2D eigenvalue weighted by atomic mass is 16.5. The number of nitrogen functional groups attached to an aromatic ring is 1. The van der Waals surface area contributed by atoms with Crippen LogP contribution < -0.4 is 15.8 Å². The molecule has 0 saturated heterocycles. The Morgan fingerprint density at radius 3 is 2.88 bits per heavy atom. The summed E-state index contributed by atoms with van der Waals surface area (Å²) in [6.45, 7) is 0.699. The highest BCUT2D eigenvalue weighted by Crippen LogP contribution is 2.24. The minimum atomic E-state index is 0.674. The van der Waals surface area contributed by atoms with E-state index in [9.17, 15) is 0 Å². The zero-order chi connectivity index (χ0) is 12.1. The topological polar surface area (TPSA) is 60.2 Å². The van der Waals surface area contributed by atoms with E-state index in [2.05, 4.69) is 10.3 Å². The molecule has 4 nitrogen and oxygen atoms in total. The van der Waals surface area contributed by atoms with E-state index in [1.54, 1.807) is 19.4 Å². The van der Waals surface area contributed by atoms with Crippen molar-refractivity contribution in [3.05, 3.63) is 48.3 Å². The van der Waals surface area contributed by atoms with Crippen LogP contribution in [0.15, 0.2) is 42.7 Å². The van der Waals surface area contributed by atoms with Gasteiger partial charge in [0.1, 0.15) is 5.75 Å². The van der Waals surface area contributed by atoms with E-state index in [-0.39, 0.29) is 0 Å². The van der Waals surface area contributed by atoms with E-state index in [1.165, 1.54) is 0 Å². The lowest BCUT2D eigenvalue weighted by molar-refractivity contribution is 0.415. The van der Waals surface area contributed by atoms with Crippen LogP contribution in [0.5, 0.6) is 5.75 Å². The number of nitrogens with one attached hydrogen (secondary N) is 1. The fraction of sp³-hybridized carbons (Fsp3) is 0.154. The van der Waals surface area contributed by atoms with Crippen LogP contribution in [0.25, 0.3) is 0 Å². The molecule has 0 aliphatic heterocycles. The number of anilines is 2. The molecule has 88 valence electrons. The van der Waals surface area contributed by atoms with E-state index < -0.39 is 0 Å². The summed E-state index contributed by atoms with van der Waals surface area (Å²) in [6, 6.07) is 9.51. The molecular weight excluding hydrogens is 214 g/mol. The van der Waals surface area contributed by atoms with Crippen molar-refractivity contribution in [2.45, 2.75) is 6.54 Å². The van der Waals surface area contributed by atoms with E-state index in [1.807, 2.05) is 30.5 Å². The molecule has 2 aromatic rings. The molecule has 0 aliphatic rings. The van der Waals surface area contributed by atoms with Crippen LogP contribution in [-0.4, -0.2) is 12.1 Å². The Labute approximate surface area is 100 Å². The zero-order valence-corrected chi connectivity index (χ0v) is 9.68. The molecule has 3 N–H and O–H groups in total. The van der Waals surface area contributed by atoms with Crippen LogP contribution in [0.3, 0.4) is 0 Å². The molecule has 0 saturated carbocycles. The maximum Gasteiger partial charge on any atom is 0.121 e. The van der Waals surface area contributed by atoms with Crippen LogP contribution in [0.2, 0.25) is 0 Å². The summed E-state index contributed by atoms with van der Waals surface area (Å²) in [4.78, 5) is 4.06. The normalized spacial score (nSPS) is 9.94. The lowest BCUT2D eigenvalue weighted by Crippen LogP contribution is -2.02. The molecular formula is C13H15N3O. The van der Waals surface area contributed by atoms with Gasteiger partial charge in [-0.2, -0.15) is 0 Å². The molecule has 0 atom stereocenters. The summed E-state index contributed by atoms with van der Waals surface area (Å²) in [5.74, 6) is 0.759. The van der Waals surface area contributed by atoms with Gasteiger partial charge in [-0.1, -0.05) is 6.07 Å². The van der Waals surface area contributed by atoms with Crippen molar-refractivity contribution < 1.29 is 4.74 Å². The third-order valence-corrected chi connectivity index (χ3v) is 2.46. The van der Waals surface area contributed by atoms with E-state index in [0.29, 0.717) is 12.2 Å². The number of pyridine rings is 1. The van der Waals surface area contributed by atoms with Crippen LogP contribution in [-0.2, 0) is 6.54 Å². The lowest BCUT2D eigenvalue weighted by Gasteiger charge is -2.10. The smallest absolute Gasteiger partial charge is 0.121 e. The van der Waals surface area contributed by atoms with Gasteiger partial charge < -0.3 is 15.8 Å². The number of aromatic nitrogens is 1. The van der Waals surface area contributed by atoms with E-state index in [0.717, 1.165) is 17.0 Å². The van der Waals surface area contributed by atoms with Gasteiger partial charge in [0.25, 0.3) is 0 Å². The van der Waals surface area contributed by atoms with Crippen molar-refractivity contribution in [3.63, 3.8) is 0 Å². The Hall–Kier alpha value is -2.23. The van der Waals surface area contributed by atoms with Gasteiger partial charge in [0.2, 0.25) is 0 Å². The van der Waals surface area contributed by atoms with Crippen molar-refractivity contribution in [2.75, 3.05) is 18.2 Å². The second-order valence-electron chi connectivity index (χ2n) is 3.67. The minimum absolute atomic E-state index is 0.674. The van der Waals surface area contributed by atoms with E-state index in [4.69, 9.17) is 10.5 Å². The first-order valence-corrected chi connectivity index (χ1v) is 5.36. The number of methoxy groups -OCH3 is 1. The molecule has 0 amide bonds. The van der Waals surface area contributed by atoms with Gasteiger partial charge in [0.05, 0.1) is 18.5 Å². The Bertz CT molecular complexity index is 485. The maximum absolute atomic E-state index is 5.90. The first-order valence-electron chi connectivity index (χ1n) is 5.36. The van der Waals surface area contributed by atoms with Crippen LogP contribution in [0.1, 0.15) is 5.56 Å². The summed E-state index contributed by atoms with van der Waals surface area (Å²) in [5, 5.41) is 3.26. The number of ether oxygens (including phenoxy) is 1. The van der Waals surface area contributed by atoms with Crippen molar-refractivity contribution >= 4 is 11.4 Å². The lowest BCUT2D eigenvalue weighted by atomic mass is 10.2. The minimum Gasteiger partial charge on any atom is -0.497 e. The molecule has 0 fully saturated rings. The Balaban J connectivity index is 2.04. The van der Waals surface area contributed by atoms with E-state index >= 15 is 0 Å². The SMILES string of the molecule is COc1ccc(NCc2cccnc2)c(N)c1. The monoisotopic (exact) mass is 229 g/mol. The molecule has 0 bridgehead atoms. The highest BCUT2D eigenvalue weighted by Gasteiger charge is 2.00. The van der Waals surface area contributed by atoms with Crippen molar-refractivity contribution in [1.82, 2.24) is 4.98 Å².